The smallest absolute Gasteiger partial charge is 0.142 e. The molecule has 5 heteroatoms. The van der Waals surface area contributed by atoms with Gasteiger partial charge < -0.3 is 9.64 Å². The van der Waals surface area contributed by atoms with E-state index in [0.29, 0.717) is 0 Å². The number of nitrogens with zero attached hydrogens (tertiary/aromatic N) is 3. The molecule has 3 aromatic rings. The van der Waals surface area contributed by atoms with E-state index in [1.165, 1.54) is 61.1 Å². The maximum Gasteiger partial charge on any atom is 0.142 e. The van der Waals surface area contributed by atoms with E-state index in [0.717, 1.165) is 28.3 Å². The molecule has 0 saturated heterocycles. The molecule has 0 aliphatic heterocycles. The highest BCUT2D eigenvalue weighted by atomic mass is 32.2. The van der Waals surface area contributed by atoms with Gasteiger partial charge in [0.05, 0.1) is 24.0 Å². The molecule has 2 saturated carbocycles. The van der Waals surface area contributed by atoms with Crippen LogP contribution in [-0.2, 0) is 0 Å². The molecule has 1 aromatic carbocycles. The first-order valence-corrected chi connectivity index (χ1v) is 11.9. The molecule has 2 aliphatic rings. The van der Waals surface area contributed by atoms with Crippen LogP contribution >= 0.6 is 11.8 Å². The zero-order chi connectivity index (χ0) is 20.0. The van der Waals surface area contributed by atoms with Crippen molar-refractivity contribution in [3.05, 3.63) is 42.0 Å². The first-order chi connectivity index (χ1) is 14.2. The Kier molecular flexibility index (Phi) is 4.94. The Labute approximate surface area is 177 Å². The average molecular weight is 408 g/mol. The zero-order valence-corrected chi connectivity index (χ0v) is 18.3. The summed E-state index contributed by atoms with van der Waals surface area (Å²) in [5, 5.41) is 6.22. The molecule has 0 spiro atoms. The van der Waals surface area contributed by atoms with E-state index < -0.39 is 0 Å². The van der Waals surface area contributed by atoms with E-state index in [4.69, 9.17) is 9.84 Å². The van der Waals surface area contributed by atoms with Crippen molar-refractivity contribution in [1.29, 1.82) is 0 Å². The fourth-order valence-electron chi connectivity index (χ4n) is 4.21. The molecule has 0 amide bonds. The topological polar surface area (TPSA) is 29.8 Å². The third-order valence-electron chi connectivity index (χ3n) is 6.17. The molecule has 29 heavy (non-hydrogen) atoms. The van der Waals surface area contributed by atoms with Crippen LogP contribution in [0.2, 0.25) is 0 Å². The molecule has 0 atom stereocenters. The SMILES string of the molecule is COc1ccc(-c2cccc3c(N(CC4CC4)CC4CC4)c(SC)nn23)c(C)c1. The molecule has 152 valence electrons. The lowest BCUT2D eigenvalue weighted by atomic mass is 10.0. The van der Waals surface area contributed by atoms with Gasteiger partial charge in [0, 0.05) is 18.7 Å². The normalized spacial score (nSPS) is 16.4. The Bertz CT molecular complexity index is 1020. The third kappa shape index (κ3) is 3.73. The molecule has 0 unspecified atom stereocenters. The number of aromatic nitrogens is 2. The summed E-state index contributed by atoms with van der Waals surface area (Å²) >= 11 is 1.77. The summed E-state index contributed by atoms with van der Waals surface area (Å²) in [6.45, 7) is 4.50. The van der Waals surface area contributed by atoms with E-state index in [9.17, 15) is 0 Å². The Morgan fingerprint density at radius 3 is 2.41 bits per heavy atom. The van der Waals surface area contributed by atoms with Gasteiger partial charge in [-0.2, -0.15) is 5.10 Å². The van der Waals surface area contributed by atoms with Crippen LogP contribution in [0.5, 0.6) is 5.75 Å². The van der Waals surface area contributed by atoms with Gasteiger partial charge in [-0.3, -0.25) is 0 Å². The van der Waals surface area contributed by atoms with Crippen LogP contribution in [0.25, 0.3) is 16.8 Å². The fourth-order valence-corrected chi connectivity index (χ4v) is 4.80. The van der Waals surface area contributed by atoms with Gasteiger partial charge in [0.1, 0.15) is 10.8 Å². The van der Waals surface area contributed by atoms with Crippen LogP contribution in [0.3, 0.4) is 0 Å². The first kappa shape index (κ1) is 18.9. The first-order valence-electron chi connectivity index (χ1n) is 10.6. The number of aryl methyl sites for hydroxylation is 1. The minimum absolute atomic E-state index is 0.866. The number of pyridine rings is 1. The minimum atomic E-state index is 0.866. The van der Waals surface area contributed by atoms with Crippen LogP contribution in [0.1, 0.15) is 31.2 Å². The van der Waals surface area contributed by atoms with Gasteiger partial charge in [-0.1, -0.05) is 6.07 Å². The van der Waals surface area contributed by atoms with Crippen LogP contribution in [0.15, 0.2) is 41.4 Å². The van der Waals surface area contributed by atoms with Crippen molar-refractivity contribution in [3.8, 4) is 17.0 Å². The maximum atomic E-state index is 5.40. The summed E-state index contributed by atoms with van der Waals surface area (Å²) in [6.07, 6.45) is 7.67. The summed E-state index contributed by atoms with van der Waals surface area (Å²) in [4.78, 5) is 2.65. The molecule has 2 heterocycles. The van der Waals surface area contributed by atoms with Gasteiger partial charge in [0.2, 0.25) is 0 Å². The Morgan fingerprint density at radius 2 is 1.83 bits per heavy atom. The summed E-state index contributed by atoms with van der Waals surface area (Å²) in [7, 11) is 1.72. The zero-order valence-electron chi connectivity index (χ0n) is 17.5. The maximum absolute atomic E-state index is 5.40. The number of fused-ring (bicyclic) bond motifs is 1. The van der Waals surface area contributed by atoms with Crippen LogP contribution in [-0.4, -0.2) is 36.1 Å². The summed E-state index contributed by atoms with van der Waals surface area (Å²) in [6, 6.07) is 12.9. The second kappa shape index (κ2) is 7.60. The lowest BCUT2D eigenvalue weighted by Gasteiger charge is -2.25. The van der Waals surface area contributed by atoms with Crippen molar-refractivity contribution in [2.75, 3.05) is 31.4 Å². The highest BCUT2D eigenvalue weighted by Crippen LogP contribution is 2.41. The number of thioether (sulfide) groups is 1. The molecule has 5 rings (SSSR count). The standard InChI is InChI=1S/C24H29N3OS/c1-16-13-19(28-2)11-12-20(16)21-5-4-6-22-23(24(29-3)25-27(21)22)26(14-17-7-8-17)15-18-9-10-18/h4-6,11-13,17-18H,7-10,14-15H2,1-3H3. The van der Waals surface area contributed by atoms with E-state index >= 15 is 0 Å². The monoisotopic (exact) mass is 407 g/mol. The lowest BCUT2D eigenvalue weighted by Crippen LogP contribution is -2.28. The van der Waals surface area contributed by atoms with E-state index in [1.54, 1.807) is 18.9 Å². The molecule has 0 bridgehead atoms. The van der Waals surface area contributed by atoms with Gasteiger partial charge in [0.15, 0.2) is 0 Å². The van der Waals surface area contributed by atoms with Crippen molar-refractivity contribution in [3.63, 3.8) is 0 Å². The number of anilines is 1. The average Bonchev–Trinajstić information content (AvgIpc) is 3.66. The van der Waals surface area contributed by atoms with Gasteiger partial charge in [-0.05, 0) is 86.6 Å². The lowest BCUT2D eigenvalue weighted by molar-refractivity contribution is 0.414. The Hall–Kier alpha value is -2.14. The van der Waals surface area contributed by atoms with Gasteiger partial charge in [-0.15, -0.1) is 11.8 Å². The fraction of sp³-hybridized carbons (Fsp3) is 0.458. The number of methoxy groups -OCH3 is 1. The molecule has 0 radical (unpaired) electrons. The number of ether oxygens (including phenoxy) is 1. The number of benzene rings is 1. The Morgan fingerprint density at radius 1 is 1.10 bits per heavy atom. The van der Waals surface area contributed by atoms with Crippen molar-refractivity contribution in [1.82, 2.24) is 9.61 Å². The van der Waals surface area contributed by atoms with Gasteiger partial charge >= 0.3 is 0 Å². The molecular formula is C24H29N3OS. The molecule has 0 N–H and O–H groups in total. The Balaban J connectivity index is 1.63. The second-order valence-corrected chi connectivity index (χ2v) is 9.33. The minimum Gasteiger partial charge on any atom is -0.497 e. The highest BCUT2D eigenvalue weighted by molar-refractivity contribution is 7.98. The van der Waals surface area contributed by atoms with Gasteiger partial charge in [-0.25, -0.2) is 4.52 Å². The van der Waals surface area contributed by atoms with Crippen molar-refractivity contribution >= 4 is 23.0 Å². The van der Waals surface area contributed by atoms with Crippen molar-refractivity contribution in [2.45, 2.75) is 37.6 Å². The molecule has 4 nitrogen and oxygen atoms in total. The molecular weight excluding hydrogens is 378 g/mol. The van der Waals surface area contributed by atoms with Crippen LogP contribution in [0, 0.1) is 18.8 Å². The quantitative estimate of drug-likeness (QED) is 0.450. The summed E-state index contributed by atoms with van der Waals surface area (Å²) in [5.41, 5.74) is 6.11. The summed E-state index contributed by atoms with van der Waals surface area (Å²) in [5.74, 6) is 2.63. The van der Waals surface area contributed by atoms with Crippen LogP contribution in [0.4, 0.5) is 5.69 Å². The predicted molar refractivity (Wildman–Crippen MR) is 121 cm³/mol. The van der Waals surface area contributed by atoms with E-state index in [-0.39, 0.29) is 0 Å². The predicted octanol–water partition coefficient (Wildman–Crippen LogP) is 5.67. The largest absolute Gasteiger partial charge is 0.497 e. The number of hydrogen-bond acceptors (Lipinski definition) is 4. The van der Waals surface area contributed by atoms with E-state index in [2.05, 4.69) is 52.9 Å². The number of rotatable bonds is 8. The van der Waals surface area contributed by atoms with E-state index in [1.807, 2.05) is 6.07 Å². The molecule has 2 fully saturated rings. The van der Waals surface area contributed by atoms with Gasteiger partial charge in [0.25, 0.3) is 0 Å². The highest BCUT2D eigenvalue weighted by Gasteiger charge is 2.32. The second-order valence-electron chi connectivity index (χ2n) is 8.54. The number of hydrogen-bond donors (Lipinski definition) is 0. The molecule has 2 aromatic heterocycles. The molecule has 2 aliphatic carbocycles. The van der Waals surface area contributed by atoms with Crippen molar-refractivity contribution < 1.29 is 4.74 Å². The van der Waals surface area contributed by atoms with Crippen molar-refractivity contribution in [2.24, 2.45) is 11.8 Å². The third-order valence-corrected chi connectivity index (χ3v) is 6.83. The summed E-state index contributed by atoms with van der Waals surface area (Å²) < 4.78 is 7.55. The van der Waals surface area contributed by atoms with Crippen LogP contribution < -0.4 is 9.64 Å².